The van der Waals surface area contributed by atoms with Crippen LogP contribution in [0.15, 0.2) is 58.3 Å². The third kappa shape index (κ3) is 6.67. The molecule has 37 heavy (non-hydrogen) atoms. The van der Waals surface area contributed by atoms with Crippen LogP contribution in [-0.4, -0.2) is 83.1 Å². The standard InChI is InChI=1S/C25H31N3O7S2/c1-36(30,31)23-6-3-5-22(13-23)34-18-21(29)16-27-20-14-25(35-17-20)8-10-28(11-9-25)37(32,33)24-7-2-4-19(12-24)15-26/h2-7,12-13,20-21,27,29H,8-11,14,16-18H2,1H3/t20?,21-/m0/s1. The van der Waals surface area contributed by atoms with Crippen LogP contribution >= 0.6 is 0 Å². The highest BCUT2D eigenvalue weighted by Gasteiger charge is 2.44. The largest absolute Gasteiger partial charge is 0.491 e. The van der Waals surface area contributed by atoms with Gasteiger partial charge in [0.15, 0.2) is 9.84 Å². The van der Waals surface area contributed by atoms with Crippen molar-refractivity contribution in [2.45, 2.75) is 46.8 Å². The Labute approximate surface area is 217 Å². The summed E-state index contributed by atoms with van der Waals surface area (Å²) in [4.78, 5) is 0.272. The van der Waals surface area contributed by atoms with Crippen molar-refractivity contribution in [2.75, 3.05) is 39.1 Å². The lowest BCUT2D eigenvalue weighted by Crippen LogP contribution is -2.47. The molecule has 0 aromatic heterocycles. The van der Waals surface area contributed by atoms with Gasteiger partial charge in [-0.2, -0.15) is 9.57 Å². The number of aliphatic hydroxyl groups is 1. The molecule has 2 heterocycles. The number of hydrogen-bond donors (Lipinski definition) is 2. The van der Waals surface area contributed by atoms with Gasteiger partial charge in [-0.3, -0.25) is 0 Å². The fraction of sp³-hybridized carbons (Fsp3) is 0.480. The minimum atomic E-state index is -3.69. The van der Waals surface area contributed by atoms with Crippen molar-refractivity contribution in [1.29, 1.82) is 5.26 Å². The number of hydrogen-bond acceptors (Lipinski definition) is 9. The Morgan fingerprint density at radius 2 is 1.86 bits per heavy atom. The first-order chi connectivity index (χ1) is 17.5. The molecule has 10 nitrogen and oxygen atoms in total. The zero-order valence-corrected chi connectivity index (χ0v) is 22.2. The van der Waals surface area contributed by atoms with E-state index in [9.17, 15) is 21.9 Å². The van der Waals surface area contributed by atoms with Crippen LogP contribution in [0, 0.1) is 11.3 Å². The molecule has 1 unspecified atom stereocenters. The van der Waals surface area contributed by atoms with Gasteiger partial charge in [-0.25, -0.2) is 16.8 Å². The van der Waals surface area contributed by atoms with Gasteiger partial charge in [0.1, 0.15) is 18.5 Å². The highest BCUT2D eigenvalue weighted by molar-refractivity contribution is 7.90. The first kappa shape index (κ1) is 27.5. The summed E-state index contributed by atoms with van der Waals surface area (Å²) in [5.74, 6) is 0.367. The number of sulfone groups is 1. The molecule has 0 radical (unpaired) electrons. The Balaban J connectivity index is 1.24. The number of nitrogens with zero attached hydrogens (tertiary/aromatic N) is 2. The highest BCUT2D eigenvalue weighted by Crippen LogP contribution is 2.37. The van der Waals surface area contributed by atoms with Crippen LogP contribution in [0.25, 0.3) is 0 Å². The summed E-state index contributed by atoms with van der Waals surface area (Å²) in [6.07, 6.45) is 2.14. The van der Waals surface area contributed by atoms with E-state index in [-0.39, 0.29) is 29.0 Å². The molecule has 0 bridgehead atoms. The quantitative estimate of drug-likeness (QED) is 0.473. The molecule has 2 aromatic rings. The lowest BCUT2D eigenvalue weighted by Gasteiger charge is -2.38. The van der Waals surface area contributed by atoms with E-state index in [1.807, 2.05) is 6.07 Å². The van der Waals surface area contributed by atoms with Gasteiger partial charge in [0.2, 0.25) is 10.0 Å². The third-order valence-corrected chi connectivity index (χ3v) is 9.77. The Hall–Kier alpha value is -2.53. The highest BCUT2D eigenvalue weighted by atomic mass is 32.2. The normalized spacial score (nSPS) is 20.9. The van der Waals surface area contributed by atoms with Crippen molar-refractivity contribution in [3.05, 3.63) is 54.1 Å². The van der Waals surface area contributed by atoms with E-state index in [2.05, 4.69) is 5.32 Å². The van der Waals surface area contributed by atoms with E-state index in [4.69, 9.17) is 14.7 Å². The SMILES string of the molecule is CS(=O)(=O)c1cccc(OC[C@@H](O)CNC2COC3(CCN(S(=O)(=O)c4cccc(C#N)c4)CC3)C2)c1. The van der Waals surface area contributed by atoms with Gasteiger partial charge in [-0.05, 0) is 55.7 Å². The summed E-state index contributed by atoms with van der Waals surface area (Å²) in [6.45, 7) is 1.38. The molecule has 2 atom stereocenters. The van der Waals surface area contributed by atoms with Gasteiger partial charge in [-0.1, -0.05) is 12.1 Å². The number of ether oxygens (including phenoxy) is 2. The molecule has 2 aromatic carbocycles. The maximum Gasteiger partial charge on any atom is 0.243 e. The average molecular weight is 550 g/mol. The van der Waals surface area contributed by atoms with E-state index in [1.54, 1.807) is 24.3 Å². The van der Waals surface area contributed by atoms with Gasteiger partial charge < -0.3 is 19.9 Å². The summed E-state index contributed by atoms with van der Waals surface area (Å²) in [5, 5.41) is 22.7. The maximum absolute atomic E-state index is 13.0. The fourth-order valence-electron chi connectivity index (χ4n) is 4.68. The van der Waals surface area contributed by atoms with E-state index >= 15 is 0 Å². The lowest BCUT2D eigenvalue weighted by molar-refractivity contribution is -0.0312. The minimum absolute atomic E-state index is 0.00123. The van der Waals surface area contributed by atoms with Crippen LogP contribution in [0.4, 0.5) is 0 Å². The number of aliphatic hydroxyl groups excluding tert-OH is 1. The molecular formula is C25H31N3O7S2. The Morgan fingerprint density at radius 1 is 1.16 bits per heavy atom. The Morgan fingerprint density at radius 3 is 2.57 bits per heavy atom. The van der Waals surface area contributed by atoms with Crippen molar-refractivity contribution in [3.8, 4) is 11.8 Å². The molecule has 2 aliphatic rings. The topological polar surface area (TPSA) is 146 Å². The van der Waals surface area contributed by atoms with Crippen molar-refractivity contribution in [2.24, 2.45) is 0 Å². The first-order valence-corrected chi connectivity index (χ1v) is 15.3. The van der Waals surface area contributed by atoms with E-state index in [0.29, 0.717) is 50.3 Å². The third-order valence-electron chi connectivity index (χ3n) is 6.76. The predicted octanol–water partition coefficient (Wildman–Crippen LogP) is 1.30. The van der Waals surface area contributed by atoms with Gasteiger partial charge in [0, 0.05) is 31.9 Å². The monoisotopic (exact) mass is 549 g/mol. The summed E-state index contributed by atoms with van der Waals surface area (Å²) >= 11 is 0. The van der Waals surface area contributed by atoms with Crippen molar-refractivity contribution in [1.82, 2.24) is 9.62 Å². The maximum atomic E-state index is 13.0. The van der Waals surface area contributed by atoms with Crippen LogP contribution in [0.2, 0.25) is 0 Å². The number of piperidine rings is 1. The second-order valence-corrected chi connectivity index (χ2v) is 13.5. The zero-order chi connectivity index (χ0) is 26.7. The van der Waals surface area contributed by atoms with Crippen LogP contribution < -0.4 is 10.1 Å². The fourth-order valence-corrected chi connectivity index (χ4v) is 6.83. The molecule has 200 valence electrons. The zero-order valence-electron chi connectivity index (χ0n) is 20.5. The number of nitrogens with one attached hydrogen (secondary N) is 1. The van der Waals surface area contributed by atoms with Gasteiger partial charge in [0.25, 0.3) is 0 Å². The predicted molar refractivity (Wildman–Crippen MR) is 135 cm³/mol. The van der Waals surface area contributed by atoms with Gasteiger partial charge in [0.05, 0.1) is 33.6 Å². The summed E-state index contributed by atoms with van der Waals surface area (Å²) in [6, 6.07) is 14.2. The minimum Gasteiger partial charge on any atom is -0.491 e. The first-order valence-electron chi connectivity index (χ1n) is 12.0. The average Bonchev–Trinajstić information content (AvgIpc) is 3.28. The number of nitriles is 1. The molecular weight excluding hydrogens is 518 g/mol. The molecule has 2 N–H and O–H groups in total. The molecule has 12 heteroatoms. The molecule has 0 saturated carbocycles. The molecule has 2 aliphatic heterocycles. The summed E-state index contributed by atoms with van der Waals surface area (Å²) < 4.78 is 62.5. The van der Waals surface area contributed by atoms with Gasteiger partial charge >= 0.3 is 0 Å². The van der Waals surface area contributed by atoms with Crippen molar-refractivity contribution >= 4 is 19.9 Å². The number of sulfonamides is 1. The van der Waals surface area contributed by atoms with E-state index in [1.165, 1.54) is 28.6 Å². The Bertz CT molecular complexity index is 1360. The number of benzene rings is 2. The van der Waals surface area contributed by atoms with Crippen molar-refractivity contribution in [3.63, 3.8) is 0 Å². The van der Waals surface area contributed by atoms with E-state index < -0.39 is 31.6 Å². The molecule has 0 amide bonds. The summed E-state index contributed by atoms with van der Waals surface area (Å²) in [5.41, 5.74) is -0.108. The number of rotatable bonds is 9. The molecule has 0 aliphatic carbocycles. The van der Waals surface area contributed by atoms with Crippen LogP contribution in [0.1, 0.15) is 24.8 Å². The smallest absolute Gasteiger partial charge is 0.243 e. The van der Waals surface area contributed by atoms with Crippen LogP contribution in [-0.2, 0) is 24.6 Å². The summed E-state index contributed by atoms with van der Waals surface area (Å²) in [7, 11) is -7.03. The van der Waals surface area contributed by atoms with Crippen LogP contribution in [0.5, 0.6) is 5.75 Å². The Kier molecular flexibility index (Phi) is 8.23. The lowest BCUT2D eigenvalue weighted by atomic mass is 9.88. The van der Waals surface area contributed by atoms with Gasteiger partial charge in [-0.15, -0.1) is 0 Å². The second kappa shape index (κ2) is 11.1. The molecule has 1 spiro atoms. The second-order valence-electron chi connectivity index (χ2n) is 9.56. The van der Waals surface area contributed by atoms with Crippen LogP contribution in [0.3, 0.4) is 0 Å². The molecule has 2 saturated heterocycles. The van der Waals surface area contributed by atoms with E-state index in [0.717, 1.165) is 6.26 Å². The molecule has 4 rings (SSSR count). The van der Waals surface area contributed by atoms with Crippen molar-refractivity contribution < 1.29 is 31.4 Å². The molecule has 2 fully saturated rings.